The summed E-state index contributed by atoms with van der Waals surface area (Å²) in [6.45, 7) is 0. The van der Waals surface area contributed by atoms with Crippen LogP contribution in [0.4, 0.5) is 5.69 Å². The lowest BCUT2D eigenvalue weighted by molar-refractivity contribution is -0.387. The average Bonchev–Trinajstić information content (AvgIpc) is 2.23. The van der Waals surface area contributed by atoms with Crippen molar-refractivity contribution >= 4 is 11.7 Å². The molecule has 1 saturated heterocycles. The number of rotatable bonds is 3. The number of nitrogens with zero attached hydrogens (tertiary/aromatic N) is 1. The summed E-state index contributed by atoms with van der Waals surface area (Å²) in [4.78, 5) is 21.1. The highest BCUT2D eigenvalue weighted by Gasteiger charge is 2.36. The fourth-order valence-electron chi connectivity index (χ4n) is 1.63. The normalized spacial score (nSPS) is 18.6. The number of para-hydroxylation sites is 1. The van der Waals surface area contributed by atoms with E-state index in [1.54, 1.807) is 12.1 Å². The van der Waals surface area contributed by atoms with Gasteiger partial charge in [0.15, 0.2) is 5.75 Å². The predicted molar refractivity (Wildman–Crippen MR) is 53.1 cm³/mol. The van der Waals surface area contributed by atoms with Gasteiger partial charge in [0.25, 0.3) is 0 Å². The summed E-state index contributed by atoms with van der Waals surface area (Å²) in [6, 6.07) is 4.70. The zero-order chi connectivity index (χ0) is 11.7. The van der Waals surface area contributed by atoms with Crippen molar-refractivity contribution in [3.8, 4) is 5.75 Å². The minimum atomic E-state index is -0.527. The molecule has 84 valence electrons. The molecule has 16 heavy (non-hydrogen) atoms. The van der Waals surface area contributed by atoms with Gasteiger partial charge in [0, 0.05) is 0 Å². The number of carbonyl (C=O) groups excluding carboxylic acids is 1. The first-order chi connectivity index (χ1) is 7.63. The van der Waals surface area contributed by atoms with E-state index in [2.05, 4.69) is 0 Å². The Labute approximate surface area is 90.9 Å². The fraction of sp³-hybridized carbons (Fsp3) is 0.300. The third-order valence-electron chi connectivity index (χ3n) is 2.41. The molecule has 1 aliphatic rings. The number of carbonyl (C=O) groups is 1. The number of hydrogen-bond acceptors (Lipinski definition) is 5. The Balaban J connectivity index is 2.43. The van der Waals surface area contributed by atoms with E-state index in [0.29, 0.717) is 5.56 Å². The molecule has 1 atom stereocenters. The van der Waals surface area contributed by atoms with Crippen LogP contribution in [0.5, 0.6) is 5.75 Å². The number of cyclic esters (lactones) is 1. The third kappa shape index (κ3) is 1.58. The Morgan fingerprint density at radius 1 is 1.56 bits per heavy atom. The van der Waals surface area contributed by atoms with E-state index in [4.69, 9.17) is 9.47 Å². The lowest BCUT2D eigenvalue weighted by atomic mass is 10.0. The summed E-state index contributed by atoms with van der Waals surface area (Å²) in [5.74, 6) is -0.174. The highest BCUT2D eigenvalue weighted by Crippen LogP contribution is 2.40. The third-order valence-corrected chi connectivity index (χ3v) is 2.41. The number of methoxy groups -OCH3 is 1. The number of ether oxygens (including phenoxy) is 2. The molecule has 1 aliphatic heterocycles. The van der Waals surface area contributed by atoms with Crippen LogP contribution in [0.2, 0.25) is 0 Å². The van der Waals surface area contributed by atoms with Crippen LogP contribution in [0.1, 0.15) is 18.1 Å². The number of benzene rings is 1. The molecule has 0 aromatic heterocycles. The molecular formula is C10H9NO5. The van der Waals surface area contributed by atoms with Gasteiger partial charge in [0.2, 0.25) is 0 Å². The molecule has 0 N–H and O–H groups in total. The van der Waals surface area contributed by atoms with Crippen molar-refractivity contribution in [1.82, 2.24) is 0 Å². The first-order valence-corrected chi connectivity index (χ1v) is 4.64. The second kappa shape index (κ2) is 3.80. The van der Waals surface area contributed by atoms with Gasteiger partial charge in [-0.25, -0.2) is 0 Å². The predicted octanol–water partition coefficient (Wildman–Crippen LogP) is 1.59. The topological polar surface area (TPSA) is 78.7 Å². The number of nitro groups is 1. The Kier molecular flexibility index (Phi) is 2.47. The van der Waals surface area contributed by atoms with E-state index < -0.39 is 11.0 Å². The molecule has 1 aromatic rings. The molecule has 1 aromatic carbocycles. The minimum Gasteiger partial charge on any atom is -0.490 e. The molecule has 1 unspecified atom stereocenters. The molecule has 0 radical (unpaired) electrons. The Hall–Kier alpha value is -2.11. The van der Waals surface area contributed by atoms with Gasteiger partial charge in [-0.2, -0.15) is 0 Å². The highest BCUT2D eigenvalue weighted by molar-refractivity contribution is 5.77. The molecule has 0 saturated carbocycles. The Bertz CT molecular complexity index is 449. The van der Waals surface area contributed by atoms with Crippen LogP contribution < -0.4 is 4.74 Å². The van der Waals surface area contributed by atoms with E-state index in [9.17, 15) is 14.9 Å². The molecule has 1 fully saturated rings. The Morgan fingerprint density at radius 2 is 2.25 bits per heavy atom. The zero-order valence-corrected chi connectivity index (χ0v) is 8.50. The van der Waals surface area contributed by atoms with E-state index in [0.717, 1.165) is 0 Å². The molecule has 0 amide bonds. The van der Waals surface area contributed by atoms with Gasteiger partial charge in [-0.1, -0.05) is 6.07 Å². The zero-order valence-electron chi connectivity index (χ0n) is 8.50. The maximum atomic E-state index is 10.9. The first-order valence-electron chi connectivity index (χ1n) is 4.64. The molecule has 0 spiro atoms. The van der Waals surface area contributed by atoms with E-state index in [1.807, 2.05) is 0 Å². The summed E-state index contributed by atoms with van der Waals surface area (Å²) in [7, 11) is 1.36. The fourth-order valence-corrected chi connectivity index (χ4v) is 1.63. The SMILES string of the molecule is COc1cccc(C2CC(=O)O2)c1[N+](=O)[O-]. The second-order valence-electron chi connectivity index (χ2n) is 3.34. The van der Waals surface area contributed by atoms with Gasteiger partial charge in [0.1, 0.15) is 6.10 Å². The van der Waals surface area contributed by atoms with Gasteiger partial charge < -0.3 is 9.47 Å². The monoisotopic (exact) mass is 223 g/mol. The molecule has 6 nitrogen and oxygen atoms in total. The van der Waals surface area contributed by atoms with Crippen LogP contribution in [0.25, 0.3) is 0 Å². The number of hydrogen-bond donors (Lipinski definition) is 0. The second-order valence-corrected chi connectivity index (χ2v) is 3.34. The average molecular weight is 223 g/mol. The summed E-state index contributed by atoms with van der Waals surface area (Å²) in [6.07, 6.45) is -0.350. The molecule has 0 bridgehead atoms. The van der Waals surface area contributed by atoms with Gasteiger partial charge in [-0.3, -0.25) is 14.9 Å². The van der Waals surface area contributed by atoms with Crippen LogP contribution >= 0.6 is 0 Å². The number of nitro benzene ring substituents is 1. The summed E-state index contributed by atoms with van der Waals surface area (Å²) in [5, 5.41) is 10.9. The standard InChI is InChI=1S/C10H9NO5/c1-15-7-4-2-3-6(10(7)11(13)14)8-5-9(12)16-8/h2-4,8H,5H2,1H3. The van der Waals surface area contributed by atoms with E-state index >= 15 is 0 Å². The van der Waals surface area contributed by atoms with Crippen molar-refractivity contribution in [2.75, 3.05) is 7.11 Å². The van der Waals surface area contributed by atoms with Gasteiger partial charge in [-0.15, -0.1) is 0 Å². The first kappa shape index (κ1) is 10.4. The molecule has 0 aliphatic carbocycles. The van der Waals surface area contributed by atoms with Gasteiger partial charge in [0.05, 0.1) is 24.0 Å². The summed E-state index contributed by atoms with van der Waals surface area (Å²) in [5.41, 5.74) is 0.242. The lowest BCUT2D eigenvalue weighted by Gasteiger charge is -2.25. The maximum Gasteiger partial charge on any atom is 0.317 e. The van der Waals surface area contributed by atoms with Crippen LogP contribution in [-0.2, 0) is 9.53 Å². The number of esters is 1. The van der Waals surface area contributed by atoms with Crippen molar-refractivity contribution in [3.63, 3.8) is 0 Å². The van der Waals surface area contributed by atoms with Crippen molar-refractivity contribution in [1.29, 1.82) is 0 Å². The van der Waals surface area contributed by atoms with Crippen LogP contribution in [0.15, 0.2) is 18.2 Å². The molecule has 1 heterocycles. The van der Waals surface area contributed by atoms with E-state index in [1.165, 1.54) is 13.2 Å². The smallest absolute Gasteiger partial charge is 0.317 e. The highest BCUT2D eigenvalue weighted by atomic mass is 16.6. The van der Waals surface area contributed by atoms with Crippen molar-refractivity contribution < 1.29 is 19.2 Å². The van der Waals surface area contributed by atoms with Crippen LogP contribution in [0, 0.1) is 10.1 Å². The van der Waals surface area contributed by atoms with Crippen LogP contribution in [0.3, 0.4) is 0 Å². The van der Waals surface area contributed by atoms with Crippen molar-refractivity contribution in [2.24, 2.45) is 0 Å². The van der Waals surface area contributed by atoms with Crippen LogP contribution in [-0.4, -0.2) is 18.0 Å². The summed E-state index contributed by atoms with van der Waals surface area (Å²) >= 11 is 0. The molecule has 6 heteroatoms. The molecular weight excluding hydrogens is 214 g/mol. The van der Waals surface area contributed by atoms with Gasteiger partial charge >= 0.3 is 11.7 Å². The lowest BCUT2D eigenvalue weighted by Crippen LogP contribution is -2.25. The summed E-state index contributed by atoms with van der Waals surface area (Å²) < 4.78 is 9.73. The van der Waals surface area contributed by atoms with Crippen molar-refractivity contribution in [3.05, 3.63) is 33.9 Å². The quantitative estimate of drug-likeness (QED) is 0.441. The Morgan fingerprint density at radius 3 is 2.75 bits per heavy atom. The largest absolute Gasteiger partial charge is 0.490 e. The minimum absolute atomic E-state index is 0.137. The van der Waals surface area contributed by atoms with Gasteiger partial charge in [-0.05, 0) is 12.1 Å². The van der Waals surface area contributed by atoms with E-state index in [-0.39, 0.29) is 23.8 Å². The maximum absolute atomic E-state index is 10.9. The van der Waals surface area contributed by atoms with Crippen molar-refractivity contribution in [2.45, 2.75) is 12.5 Å². The molecule has 2 rings (SSSR count).